The molecular weight excluding hydrogens is 258 g/mol. The molecule has 0 saturated heterocycles. The van der Waals surface area contributed by atoms with Gasteiger partial charge >= 0.3 is 0 Å². The number of hydrogen-bond donors (Lipinski definition) is 4. The summed E-state index contributed by atoms with van der Waals surface area (Å²) < 4.78 is 22.7. The van der Waals surface area contributed by atoms with Gasteiger partial charge in [0.05, 0.1) is 0 Å². The van der Waals surface area contributed by atoms with Crippen molar-refractivity contribution in [2.45, 2.75) is 17.8 Å². The third-order valence-electron chi connectivity index (χ3n) is 2.89. The molecule has 1 aliphatic heterocycles. The fourth-order valence-electron chi connectivity index (χ4n) is 2.03. The molecule has 1 amide bonds. The molecule has 2 unspecified atom stereocenters. The molecule has 0 spiro atoms. The lowest BCUT2D eigenvalue weighted by atomic mass is 9.94. The molecule has 0 radical (unpaired) electrons. The molecule has 2 rings (SSSR count). The van der Waals surface area contributed by atoms with Gasteiger partial charge in [-0.2, -0.15) is 0 Å². The largest absolute Gasteiger partial charge is 0.289 e. The van der Waals surface area contributed by atoms with Gasteiger partial charge in [0.15, 0.2) is 0 Å². The molecule has 1 aromatic carbocycles. The van der Waals surface area contributed by atoms with E-state index in [9.17, 15) is 13.2 Å². The standard InChI is InChI=1S/C10H13N3O4S/c11-18(16,17)8-5-6-3-1-2-4-7(6)9(12-8)10(14)13-15/h1-4,8-9,12,15H,5H2,(H,13,14)(H2,11,16,17). The molecular formula is C10H13N3O4S. The van der Waals surface area contributed by atoms with Gasteiger partial charge < -0.3 is 0 Å². The van der Waals surface area contributed by atoms with Crippen molar-refractivity contribution in [3.8, 4) is 0 Å². The molecule has 8 heteroatoms. The van der Waals surface area contributed by atoms with Crippen molar-refractivity contribution in [2.24, 2.45) is 5.14 Å². The molecule has 1 heterocycles. The number of carbonyl (C=O) groups is 1. The molecule has 0 bridgehead atoms. The van der Waals surface area contributed by atoms with Crippen LogP contribution in [-0.2, 0) is 21.2 Å². The van der Waals surface area contributed by atoms with Crippen LogP contribution in [0.5, 0.6) is 0 Å². The number of rotatable bonds is 2. The first-order valence-electron chi connectivity index (χ1n) is 5.23. The Morgan fingerprint density at radius 1 is 1.44 bits per heavy atom. The summed E-state index contributed by atoms with van der Waals surface area (Å²) >= 11 is 0. The zero-order chi connectivity index (χ0) is 13.3. The van der Waals surface area contributed by atoms with Crippen molar-refractivity contribution in [3.05, 3.63) is 35.4 Å². The molecule has 1 aliphatic rings. The van der Waals surface area contributed by atoms with Gasteiger partial charge in [0.2, 0.25) is 10.0 Å². The number of hydroxylamine groups is 1. The highest BCUT2D eigenvalue weighted by atomic mass is 32.2. The molecule has 1 aromatic rings. The van der Waals surface area contributed by atoms with Gasteiger partial charge in [-0.15, -0.1) is 0 Å². The minimum Gasteiger partial charge on any atom is -0.289 e. The van der Waals surface area contributed by atoms with E-state index in [1.165, 1.54) is 5.48 Å². The number of hydrogen-bond acceptors (Lipinski definition) is 5. The maximum atomic E-state index is 11.5. The number of nitrogens with two attached hydrogens (primary N) is 1. The number of nitrogens with one attached hydrogen (secondary N) is 2. The van der Waals surface area contributed by atoms with E-state index in [0.717, 1.165) is 0 Å². The monoisotopic (exact) mass is 271 g/mol. The summed E-state index contributed by atoms with van der Waals surface area (Å²) in [5.41, 5.74) is 2.85. The first-order valence-corrected chi connectivity index (χ1v) is 6.84. The minimum absolute atomic E-state index is 0.185. The van der Waals surface area contributed by atoms with Crippen molar-refractivity contribution in [2.75, 3.05) is 0 Å². The van der Waals surface area contributed by atoms with Crippen LogP contribution in [0.3, 0.4) is 0 Å². The number of primary sulfonamides is 1. The van der Waals surface area contributed by atoms with Gasteiger partial charge in [0.1, 0.15) is 11.4 Å². The zero-order valence-corrected chi connectivity index (χ0v) is 10.1. The van der Waals surface area contributed by atoms with E-state index >= 15 is 0 Å². The predicted molar refractivity (Wildman–Crippen MR) is 62.8 cm³/mol. The van der Waals surface area contributed by atoms with Crippen molar-refractivity contribution in [1.29, 1.82) is 0 Å². The van der Waals surface area contributed by atoms with E-state index in [1.54, 1.807) is 24.3 Å². The van der Waals surface area contributed by atoms with E-state index < -0.39 is 27.3 Å². The summed E-state index contributed by atoms with van der Waals surface area (Å²) in [6.07, 6.45) is 0.185. The summed E-state index contributed by atoms with van der Waals surface area (Å²) in [5, 5.41) is 15.3. The van der Waals surface area contributed by atoms with Crippen LogP contribution < -0.4 is 15.9 Å². The molecule has 5 N–H and O–H groups in total. The number of benzene rings is 1. The van der Waals surface area contributed by atoms with Crippen LogP contribution >= 0.6 is 0 Å². The molecule has 98 valence electrons. The molecule has 18 heavy (non-hydrogen) atoms. The average Bonchev–Trinajstić information content (AvgIpc) is 2.35. The Morgan fingerprint density at radius 2 is 2.11 bits per heavy atom. The third kappa shape index (κ3) is 2.36. The lowest BCUT2D eigenvalue weighted by Crippen LogP contribution is -2.51. The Labute approximate surface area is 104 Å². The average molecular weight is 271 g/mol. The summed E-state index contributed by atoms with van der Waals surface area (Å²) in [6, 6.07) is 5.96. The number of carbonyl (C=O) groups excluding carboxylic acids is 1. The topological polar surface area (TPSA) is 122 Å². The maximum Gasteiger partial charge on any atom is 0.265 e. The van der Waals surface area contributed by atoms with Gasteiger partial charge in [-0.05, 0) is 11.1 Å². The fourth-order valence-corrected chi connectivity index (χ4v) is 2.77. The second kappa shape index (κ2) is 4.65. The molecule has 0 aromatic heterocycles. The molecule has 0 aliphatic carbocycles. The Kier molecular flexibility index (Phi) is 3.35. The number of fused-ring (bicyclic) bond motifs is 1. The summed E-state index contributed by atoms with van der Waals surface area (Å²) in [4.78, 5) is 11.5. The zero-order valence-electron chi connectivity index (χ0n) is 9.33. The first-order chi connectivity index (χ1) is 8.43. The van der Waals surface area contributed by atoms with Crippen LogP contribution in [0.25, 0.3) is 0 Å². The number of amides is 1. The molecule has 2 atom stereocenters. The quantitative estimate of drug-likeness (QED) is 0.406. The summed E-state index contributed by atoms with van der Waals surface area (Å²) in [5.74, 6) is -0.726. The van der Waals surface area contributed by atoms with Gasteiger partial charge in [0.25, 0.3) is 5.91 Å². The van der Waals surface area contributed by atoms with Gasteiger partial charge in [-0.1, -0.05) is 24.3 Å². The van der Waals surface area contributed by atoms with Crippen LogP contribution in [0.2, 0.25) is 0 Å². The summed E-state index contributed by atoms with van der Waals surface area (Å²) in [7, 11) is -3.82. The number of sulfonamides is 1. The van der Waals surface area contributed by atoms with Crippen molar-refractivity contribution in [3.63, 3.8) is 0 Å². The Hall–Kier alpha value is -1.48. The first kappa shape index (κ1) is 13.0. The minimum atomic E-state index is -3.82. The van der Waals surface area contributed by atoms with Crippen LogP contribution in [0.4, 0.5) is 0 Å². The third-order valence-corrected chi connectivity index (χ3v) is 3.99. The second-order valence-electron chi connectivity index (χ2n) is 4.06. The molecule has 7 nitrogen and oxygen atoms in total. The van der Waals surface area contributed by atoms with E-state index in [2.05, 4.69) is 5.32 Å². The van der Waals surface area contributed by atoms with E-state index in [0.29, 0.717) is 11.1 Å². The van der Waals surface area contributed by atoms with E-state index in [-0.39, 0.29) is 6.42 Å². The maximum absolute atomic E-state index is 11.5. The molecule has 0 saturated carbocycles. The van der Waals surface area contributed by atoms with Crippen molar-refractivity contribution < 1.29 is 18.4 Å². The smallest absolute Gasteiger partial charge is 0.265 e. The second-order valence-corrected chi connectivity index (χ2v) is 5.80. The Bertz CT molecular complexity index is 572. The van der Waals surface area contributed by atoms with E-state index in [1.807, 2.05) is 0 Å². The highest BCUT2D eigenvalue weighted by Gasteiger charge is 2.35. The van der Waals surface area contributed by atoms with Crippen LogP contribution in [0.1, 0.15) is 17.2 Å². The van der Waals surface area contributed by atoms with Crippen LogP contribution in [0, 0.1) is 0 Å². The summed E-state index contributed by atoms with van der Waals surface area (Å²) in [6.45, 7) is 0. The van der Waals surface area contributed by atoms with Crippen molar-refractivity contribution in [1.82, 2.24) is 10.8 Å². The van der Waals surface area contributed by atoms with Gasteiger partial charge in [-0.3, -0.25) is 15.3 Å². The normalized spacial score (nSPS) is 23.2. The Morgan fingerprint density at radius 3 is 2.72 bits per heavy atom. The predicted octanol–water partition coefficient (Wildman–Crippen LogP) is -1.01. The van der Waals surface area contributed by atoms with Crippen LogP contribution in [0.15, 0.2) is 24.3 Å². The highest BCUT2D eigenvalue weighted by molar-refractivity contribution is 7.89. The van der Waals surface area contributed by atoms with Gasteiger partial charge in [0, 0.05) is 6.42 Å². The fraction of sp³-hybridized carbons (Fsp3) is 0.300. The van der Waals surface area contributed by atoms with Gasteiger partial charge in [-0.25, -0.2) is 19.0 Å². The Balaban J connectivity index is 2.45. The highest BCUT2D eigenvalue weighted by Crippen LogP contribution is 2.26. The van der Waals surface area contributed by atoms with Crippen LogP contribution in [-0.4, -0.2) is 24.9 Å². The molecule has 0 fully saturated rings. The lowest BCUT2D eigenvalue weighted by Gasteiger charge is -2.30. The SMILES string of the molecule is NS(=O)(=O)C1Cc2ccccc2C(C(=O)NO)N1. The lowest BCUT2D eigenvalue weighted by molar-refractivity contribution is -0.131. The van der Waals surface area contributed by atoms with E-state index in [4.69, 9.17) is 10.3 Å². The van der Waals surface area contributed by atoms with Crippen molar-refractivity contribution >= 4 is 15.9 Å².